The minimum Gasteiger partial charge on any atom is -0.396 e. The highest BCUT2D eigenvalue weighted by Crippen LogP contribution is 2.34. The predicted octanol–water partition coefficient (Wildman–Crippen LogP) is 2.82. The number of aromatic nitrogens is 1. The minimum atomic E-state index is -0.0947. The zero-order valence-electron chi connectivity index (χ0n) is 11.0. The van der Waals surface area contributed by atoms with E-state index in [1.54, 1.807) is 0 Å². The maximum atomic E-state index is 12.3. The lowest BCUT2D eigenvalue weighted by Gasteiger charge is -2.16. The molecule has 4 nitrogen and oxygen atoms in total. The Kier molecular flexibility index (Phi) is 3.81. The molecule has 1 saturated carbocycles. The fourth-order valence-corrected chi connectivity index (χ4v) is 2.89. The molecule has 0 aliphatic heterocycles. The first kappa shape index (κ1) is 13.6. The molecule has 0 radical (unpaired) electrons. The number of carbonyl (C=O) groups excluding carboxylic acids is 1. The van der Waals surface area contributed by atoms with Gasteiger partial charge in [0, 0.05) is 28.0 Å². The van der Waals surface area contributed by atoms with Gasteiger partial charge in [0.15, 0.2) is 0 Å². The lowest BCUT2D eigenvalue weighted by Crippen LogP contribution is -2.37. The quantitative estimate of drug-likeness (QED) is 0.786. The highest BCUT2D eigenvalue weighted by atomic mass is 79.9. The number of rotatable bonds is 5. The van der Waals surface area contributed by atoms with Gasteiger partial charge in [0.25, 0.3) is 5.91 Å². The third-order valence-electron chi connectivity index (χ3n) is 3.78. The minimum absolute atomic E-state index is 0.0886. The van der Waals surface area contributed by atoms with E-state index in [1.807, 2.05) is 24.3 Å². The number of aliphatic hydroxyl groups excluding tert-OH is 1. The molecule has 0 saturated heterocycles. The molecule has 1 fully saturated rings. The van der Waals surface area contributed by atoms with Crippen LogP contribution in [0.4, 0.5) is 0 Å². The Hall–Kier alpha value is -1.33. The molecular formula is C15H17BrN2O2. The third-order valence-corrected chi connectivity index (χ3v) is 4.27. The van der Waals surface area contributed by atoms with E-state index < -0.39 is 0 Å². The van der Waals surface area contributed by atoms with Crippen LogP contribution in [-0.4, -0.2) is 28.6 Å². The summed E-state index contributed by atoms with van der Waals surface area (Å²) < 4.78 is 0.981. The molecule has 1 aromatic carbocycles. The van der Waals surface area contributed by atoms with Crippen molar-refractivity contribution in [2.24, 2.45) is 5.92 Å². The normalized spacial score (nSPS) is 16.3. The summed E-state index contributed by atoms with van der Waals surface area (Å²) in [5, 5.41) is 13.1. The molecule has 0 spiro atoms. The first-order valence-electron chi connectivity index (χ1n) is 6.87. The summed E-state index contributed by atoms with van der Waals surface area (Å²) in [6.07, 6.45) is 2.91. The highest BCUT2D eigenvalue weighted by Gasteiger charge is 2.32. The second-order valence-corrected chi connectivity index (χ2v) is 6.26. The van der Waals surface area contributed by atoms with Crippen LogP contribution in [0.15, 0.2) is 28.7 Å². The molecule has 2 aromatic rings. The van der Waals surface area contributed by atoms with Crippen molar-refractivity contribution in [3.8, 4) is 0 Å². The summed E-state index contributed by atoms with van der Waals surface area (Å²) in [7, 11) is 0. The smallest absolute Gasteiger partial charge is 0.267 e. The number of aliphatic hydroxyl groups is 1. The molecule has 1 heterocycles. The fourth-order valence-electron chi connectivity index (χ4n) is 2.53. The van der Waals surface area contributed by atoms with Crippen molar-refractivity contribution in [2.45, 2.75) is 25.3 Å². The Morgan fingerprint density at radius 3 is 2.95 bits per heavy atom. The van der Waals surface area contributed by atoms with Crippen LogP contribution < -0.4 is 5.32 Å². The van der Waals surface area contributed by atoms with Crippen LogP contribution in [0.2, 0.25) is 0 Å². The maximum Gasteiger partial charge on any atom is 0.267 e. The van der Waals surface area contributed by atoms with Crippen LogP contribution >= 0.6 is 15.9 Å². The van der Waals surface area contributed by atoms with E-state index in [0.29, 0.717) is 18.0 Å². The molecule has 1 aliphatic carbocycles. The number of aromatic amines is 1. The molecule has 3 rings (SSSR count). The summed E-state index contributed by atoms with van der Waals surface area (Å²) in [4.78, 5) is 15.4. The first-order chi connectivity index (χ1) is 9.67. The number of carbonyl (C=O) groups is 1. The number of hydrogen-bond donors (Lipinski definition) is 3. The summed E-state index contributed by atoms with van der Waals surface area (Å²) in [6, 6.07) is 7.83. The van der Waals surface area contributed by atoms with Crippen molar-refractivity contribution in [1.29, 1.82) is 0 Å². The average molecular weight is 337 g/mol. The molecule has 5 heteroatoms. The van der Waals surface area contributed by atoms with Gasteiger partial charge < -0.3 is 15.4 Å². The van der Waals surface area contributed by atoms with Gasteiger partial charge in [-0.1, -0.05) is 22.0 Å². The molecule has 20 heavy (non-hydrogen) atoms. The van der Waals surface area contributed by atoms with Crippen molar-refractivity contribution in [2.75, 3.05) is 6.61 Å². The largest absolute Gasteiger partial charge is 0.396 e. The summed E-state index contributed by atoms with van der Waals surface area (Å²) in [5.74, 6) is 0.437. The summed E-state index contributed by atoms with van der Waals surface area (Å²) in [5.41, 5.74) is 1.51. The monoisotopic (exact) mass is 336 g/mol. The number of fused-ring (bicyclic) bond motifs is 1. The molecule has 1 amide bonds. The van der Waals surface area contributed by atoms with Crippen LogP contribution in [0.1, 0.15) is 29.8 Å². The van der Waals surface area contributed by atoms with Gasteiger partial charge in [0.05, 0.1) is 0 Å². The van der Waals surface area contributed by atoms with Crippen molar-refractivity contribution < 1.29 is 9.90 Å². The van der Waals surface area contributed by atoms with Gasteiger partial charge in [0.2, 0.25) is 0 Å². The van der Waals surface area contributed by atoms with Crippen molar-refractivity contribution in [1.82, 2.24) is 10.3 Å². The van der Waals surface area contributed by atoms with Gasteiger partial charge in [-0.15, -0.1) is 0 Å². The SMILES string of the molecule is O=C(NC(CCO)C1CC1)c1cc2ccc(Br)cc2[nH]1. The Morgan fingerprint density at radius 2 is 2.25 bits per heavy atom. The molecule has 3 N–H and O–H groups in total. The molecule has 1 unspecified atom stereocenters. The maximum absolute atomic E-state index is 12.3. The van der Waals surface area contributed by atoms with E-state index in [2.05, 4.69) is 26.2 Å². The second kappa shape index (κ2) is 5.58. The number of hydrogen-bond acceptors (Lipinski definition) is 2. The van der Waals surface area contributed by atoms with Crippen LogP contribution in [0.5, 0.6) is 0 Å². The van der Waals surface area contributed by atoms with Crippen LogP contribution in [0, 0.1) is 5.92 Å². The van der Waals surface area contributed by atoms with Gasteiger partial charge in [-0.3, -0.25) is 4.79 Å². The topological polar surface area (TPSA) is 65.1 Å². The number of benzene rings is 1. The van der Waals surface area contributed by atoms with E-state index in [1.165, 1.54) is 0 Å². The Morgan fingerprint density at radius 1 is 1.45 bits per heavy atom. The second-order valence-electron chi connectivity index (χ2n) is 5.34. The lowest BCUT2D eigenvalue weighted by atomic mass is 10.1. The van der Waals surface area contributed by atoms with Crippen LogP contribution in [0.25, 0.3) is 10.9 Å². The van der Waals surface area contributed by atoms with Gasteiger partial charge in [0.1, 0.15) is 5.69 Å². The van der Waals surface area contributed by atoms with Gasteiger partial charge in [-0.05, 0) is 43.4 Å². The molecule has 1 aromatic heterocycles. The zero-order chi connectivity index (χ0) is 14.1. The van der Waals surface area contributed by atoms with Gasteiger partial charge in [-0.2, -0.15) is 0 Å². The molecule has 1 aliphatic rings. The summed E-state index contributed by atoms with van der Waals surface area (Å²) >= 11 is 3.42. The Balaban J connectivity index is 1.77. The van der Waals surface area contributed by atoms with Crippen molar-refractivity contribution in [3.63, 3.8) is 0 Å². The molecular weight excluding hydrogens is 320 g/mol. The summed E-state index contributed by atoms with van der Waals surface area (Å²) in [6.45, 7) is 0.112. The van der Waals surface area contributed by atoms with Crippen LogP contribution in [-0.2, 0) is 0 Å². The van der Waals surface area contributed by atoms with E-state index in [4.69, 9.17) is 5.11 Å². The Labute approximate surface area is 125 Å². The van der Waals surface area contributed by atoms with Crippen LogP contribution in [0.3, 0.4) is 0 Å². The number of halogens is 1. The molecule has 1 atom stereocenters. The zero-order valence-corrected chi connectivity index (χ0v) is 12.6. The Bertz CT molecular complexity index is 634. The van der Waals surface area contributed by atoms with Crippen molar-refractivity contribution in [3.05, 3.63) is 34.4 Å². The standard InChI is InChI=1S/C15H17BrN2O2/c16-11-4-3-10-7-14(17-13(10)8-11)15(20)18-12(5-6-19)9-1-2-9/h3-4,7-9,12,17,19H,1-2,5-6H2,(H,18,20). The van der Waals surface area contributed by atoms with Gasteiger partial charge >= 0.3 is 0 Å². The van der Waals surface area contributed by atoms with E-state index in [-0.39, 0.29) is 18.6 Å². The number of amides is 1. The van der Waals surface area contributed by atoms with E-state index in [9.17, 15) is 4.79 Å². The van der Waals surface area contributed by atoms with E-state index >= 15 is 0 Å². The average Bonchev–Trinajstić information content (AvgIpc) is 3.17. The predicted molar refractivity (Wildman–Crippen MR) is 81.7 cm³/mol. The molecule has 0 bridgehead atoms. The number of H-pyrrole nitrogens is 1. The number of nitrogens with one attached hydrogen (secondary N) is 2. The highest BCUT2D eigenvalue weighted by molar-refractivity contribution is 9.10. The van der Waals surface area contributed by atoms with E-state index in [0.717, 1.165) is 28.2 Å². The lowest BCUT2D eigenvalue weighted by molar-refractivity contribution is 0.0920. The van der Waals surface area contributed by atoms with Gasteiger partial charge in [-0.25, -0.2) is 0 Å². The third kappa shape index (κ3) is 2.88. The first-order valence-corrected chi connectivity index (χ1v) is 7.66. The van der Waals surface area contributed by atoms with Crippen molar-refractivity contribution >= 4 is 32.7 Å². The fraction of sp³-hybridized carbons (Fsp3) is 0.400. The molecule has 106 valence electrons.